The Morgan fingerprint density at radius 3 is 3.00 bits per heavy atom. The molecule has 2 fully saturated rings. The summed E-state index contributed by atoms with van der Waals surface area (Å²) in [6.45, 7) is 0.806. The van der Waals surface area contributed by atoms with Crippen LogP contribution in [0, 0.1) is 5.92 Å². The van der Waals surface area contributed by atoms with E-state index >= 15 is 0 Å². The van der Waals surface area contributed by atoms with Crippen LogP contribution < -0.4 is 16.6 Å². The fourth-order valence-electron chi connectivity index (χ4n) is 2.84. The molecule has 8 heteroatoms. The van der Waals surface area contributed by atoms with Gasteiger partial charge in [-0.3, -0.25) is 10.5 Å². The summed E-state index contributed by atoms with van der Waals surface area (Å²) in [7, 11) is 0. The number of aromatic amines is 1. The molecule has 1 aliphatic carbocycles. The van der Waals surface area contributed by atoms with E-state index in [9.17, 15) is 0 Å². The highest BCUT2D eigenvalue weighted by Crippen LogP contribution is 2.39. The third-order valence-electron chi connectivity index (χ3n) is 3.98. The van der Waals surface area contributed by atoms with Gasteiger partial charge in [-0.15, -0.1) is 0 Å². The number of hydrogen-bond acceptors (Lipinski definition) is 7. The van der Waals surface area contributed by atoms with Crippen molar-refractivity contribution in [2.75, 3.05) is 17.3 Å². The Kier molecular flexibility index (Phi) is 2.71. The van der Waals surface area contributed by atoms with E-state index in [4.69, 9.17) is 10.6 Å². The van der Waals surface area contributed by atoms with Gasteiger partial charge in [0.15, 0.2) is 5.65 Å². The normalized spacial score (nSPS) is 26.1. The van der Waals surface area contributed by atoms with Crippen LogP contribution in [0.3, 0.4) is 0 Å². The van der Waals surface area contributed by atoms with Gasteiger partial charge in [0.1, 0.15) is 5.82 Å². The van der Waals surface area contributed by atoms with Crippen LogP contribution in [0.4, 0.5) is 11.8 Å². The zero-order chi connectivity index (χ0) is 13.5. The molecule has 2 aromatic heterocycles. The summed E-state index contributed by atoms with van der Waals surface area (Å²) in [6.07, 6.45) is 5.55. The summed E-state index contributed by atoms with van der Waals surface area (Å²) in [6, 6.07) is 0.293. The van der Waals surface area contributed by atoms with Gasteiger partial charge in [0.25, 0.3) is 0 Å². The molecule has 1 saturated carbocycles. The number of nitrogen functional groups attached to an aromatic ring is 1. The van der Waals surface area contributed by atoms with Crippen molar-refractivity contribution in [1.29, 1.82) is 0 Å². The van der Waals surface area contributed by atoms with E-state index in [1.54, 1.807) is 6.20 Å². The number of rotatable bonds is 4. The number of fused-ring (bicyclic) bond motifs is 1. The van der Waals surface area contributed by atoms with Crippen molar-refractivity contribution < 1.29 is 4.74 Å². The number of nitrogens with zero attached hydrogens (tertiary/aromatic N) is 3. The molecule has 0 aromatic carbocycles. The van der Waals surface area contributed by atoms with Crippen molar-refractivity contribution >= 4 is 22.8 Å². The SMILES string of the molecule is NNc1nc(NC2CCOC2C2CC2)c2cn[nH]c2n1. The van der Waals surface area contributed by atoms with Crippen LogP contribution in [0.1, 0.15) is 19.3 Å². The second kappa shape index (κ2) is 4.57. The maximum Gasteiger partial charge on any atom is 0.241 e. The van der Waals surface area contributed by atoms with Crippen molar-refractivity contribution in [2.24, 2.45) is 11.8 Å². The van der Waals surface area contributed by atoms with E-state index in [1.165, 1.54) is 12.8 Å². The van der Waals surface area contributed by atoms with Crippen molar-refractivity contribution in [3.63, 3.8) is 0 Å². The monoisotopic (exact) mass is 275 g/mol. The average molecular weight is 275 g/mol. The van der Waals surface area contributed by atoms with Gasteiger partial charge >= 0.3 is 0 Å². The number of hydrogen-bond donors (Lipinski definition) is 4. The summed E-state index contributed by atoms with van der Waals surface area (Å²) in [4.78, 5) is 8.61. The van der Waals surface area contributed by atoms with Crippen LogP contribution in [-0.4, -0.2) is 38.9 Å². The molecule has 2 aromatic rings. The molecule has 0 radical (unpaired) electrons. The number of nitrogens with two attached hydrogens (primary N) is 1. The highest BCUT2D eigenvalue weighted by atomic mass is 16.5. The molecule has 0 spiro atoms. The van der Waals surface area contributed by atoms with E-state index in [0.29, 0.717) is 29.7 Å². The first-order valence-electron chi connectivity index (χ1n) is 6.91. The Balaban J connectivity index is 1.65. The van der Waals surface area contributed by atoms with E-state index in [1.807, 2.05) is 0 Å². The summed E-state index contributed by atoms with van der Waals surface area (Å²) >= 11 is 0. The Morgan fingerprint density at radius 2 is 2.20 bits per heavy atom. The largest absolute Gasteiger partial charge is 0.376 e. The predicted octanol–water partition coefficient (Wildman–Crippen LogP) is 0.618. The molecule has 0 bridgehead atoms. The third-order valence-corrected chi connectivity index (χ3v) is 3.98. The highest BCUT2D eigenvalue weighted by Gasteiger charge is 2.40. The molecule has 20 heavy (non-hydrogen) atoms. The van der Waals surface area contributed by atoms with Gasteiger partial charge < -0.3 is 10.1 Å². The highest BCUT2D eigenvalue weighted by molar-refractivity contribution is 5.87. The summed E-state index contributed by atoms with van der Waals surface area (Å²) in [5.41, 5.74) is 3.14. The van der Waals surface area contributed by atoms with Crippen LogP contribution in [-0.2, 0) is 4.74 Å². The predicted molar refractivity (Wildman–Crippen MR) is 74.0 cm³/mol. The van der Waals surface area contributed by atoms with Crippen molar-refractivity contribution in [3.8, 4) is 0 Å². The van der Waals surface area contributed by atoms with E-state index < -0.39 is 0 Å². The number of nitrogens with one attached hydrogen (secondary N) is 3. The Hall–Kier alpha value is -1.93. The van der Waals surface area contributed by atoms with E-state index in [2.05, 4.69) is 30.9 Å². The second-order valence-electron chi connectivity index (χ2n) is 5.38. The number of hydrazine groups is 1. The van der Waals surface area contributed by atoms with Gasteiger partial charge in [-0.25, -0.2) is 5.84 Å². The smallest absolute Gasteiger partial charge is 0.241 e. The van der Waals surface area contributed by atoms with Crippen molar-refractivity contribution in [2.45, 2.75) is 31.4 Å². The summed E-state index contributed by atoms with van der Waals surface area (Å²) < 4.78 is 5.84. The topological polar surface area (TPSA) is 114 Å². The van der Waals surface area contributed by atoms with Gasteiger partial charge in [-0.05, 0) is 25.2 Å². The molecule has 1 saturated heterocycles. The molecular formula is C12H17N7O. The molecule has 2 aliphatic rings. The van der Waals surface area contributed by atoms with E-state index in [0.717, 1.165) is 24.2 Å². The quantitative estimate of drug-likeness (QED) is 0.477. The minimum atomic E-state index is 0.293. The number of H-pyrrole nitrogens is 1. The third kappa shape index (κ3) is 1.97. The molecule has 106 valence electrons. The molecule has 2 unspecified atom stereocenters. The molecule has 5 N–H and O–H groups in total. The maximum absolute atomic E-state index is 5.84. The zero-order valence-corrected chi connectivity index (χ0v) is 11.0. The first-order chi connectivity index (χ1) is 9.85. The Labute approximate surface area is 115 Å². The first kappa shape index (κ1) is 11.9. The number of ether oxygens (including phenoxy) is 1. The first-order valence-corrected chi connectivity index (χ1v) is 6.91. The minimum absolute atomic E-state index is 0.293. The van der Waals surface area contributed by atoms with Crippen LogP contribution in [0.5, 0.6) is 0 Å². The van der Waals surface area contributed by atoms with Crippen LogP contribution in [0.15, 0.2) is 6.20 Å². The average Bonchev–Trinajstić information content (AvgIpc) is 3.01. The molecule has 2 atom stereocenters. The maximum atomic E-state index is 5.84. The van der Waals surface area contributed by atoms with Crippen LogP contribution >= 0.6 is 0 Å². The summed E-state index contributed by atoms with van der Waals surface area (Å²) in [5.74, 6) is 7.22. The lowest BCUT2D eigenvalue weighted by atomic mass is 10.1. The van der Waals surface area contributed by atoms with Gasteiger partial charge in [-0.1, -0.05) is 0 Å². The fraction of sp³-hybridized carbons (Fsp3) is 0.583. The van der Waals surface area contributed by atoms with Gasteiger partial charge in [0.2, 0.25) is 5.95 Å². The van der Waals surface area contributed by atoms with Gasteiger partial charge in [0, 0.05) is 6.61 Å². The molecule has 8 nitrogen and oxygen atoms in total. The molecule has 1 aliphatic heterocycles. The van der Waals surface area contributed by atoms with Gasteiger partial charge in [0.05, 0.1) is 23.7 Å². The number of anilines is 2. The lowest BCUT2D eigenvalue weighted by molar-refractivity contribution is 0.0898. The summed E-state index contributed by atoms with van der Waals surface area (Å²) in [5, 5.41) is 11.2. The lowest BCUT2D eigenvalue weighted by Crippen LogP contribution is -2.31. The fourth-order valence-corrected chi connectivity index (χ4v) is 2.84. The van der Waals surface area contributed by atoms with Crippen LogP contribution in [0.2, 0.25) is 0 Å². The standard InChI is InChI=1S/C12H17N7O/c13-18-12-16-10(7-5-14-19-11(7)17-12)15-8-3-4-20-9(8)6-1-2-6/h5-6,8-9H,1-4,13H2,(H3,14,15,16,17,18,19). The van der Waals surface area contributed by atoms with Crippen LogP contribution in [0.25, 0.3) is 11.0 Å². The van der Waals surface area contributed by atoms with Crippen molar-refractivity contribution in [3.05, 3.63) is 6.20 Å². The van der Waals surface area contributed by atoms with E-state index in [-0.39, 0.29) is 0 Å². The number of aromatic nitrogens is 4. The Morgan fingerprint density at radius 1 is 1.30 bits per heavy atom. The zero-order valence-electron chi connectivity index (χ0n) is 11.0. The molecule has 3 heterocycles. The second-order valence-corrected chi connectivity index (χ2v) is 5.38. The molecule has 0 amide bonds. The Bertz CT molecular complexity index is 623. The van der Waals surface area contributed by atoms with Crippen molar-refractivity contribution in [1.82, 2.24) is 20.2 Å². The minimum Gasteiger partial charge on any atom is -0.376 e. The lowest BCUT2D eigenvalue weighted by Gasteiger charge is -2.20. The molecular weight excluding hydrogens is 258 g/mol. The van der Waals surface area contributed by atoms with Gasteiger partial charge in [-0.2, -0.15) is 15.1 Å². The molecule has 4 rings (SSSR count).